The maximum atomic E-state index is 12.9. The van der Waals surface area contributed by atoms with Gasteiger partial charge in [0.1, 0.15) is 12.4 Å². The van der Waals surface area contributed by atoms with E-state index in [4.69, 9.17) is 10.5 Å². The van der Waals surface area contributed by atoms with E-state index in [1.165, 1.54) is 6.07 Å². The quantitative estimate of drug-likeness (QED) is 0.487. The summed E-state index contributed by atoms with van der Waals surface area (Å²) in [6.45, 7) is -1.25. The number of anilines is 1. The van der Waals surface area contributed by atoms with Crippen LogP contribution in [0.15, 0.2) is 16.6 Å². The van der Waals surface area contributed by atoms with Crippen LogP contribution < -0.4 is 10.5 Å². The Morgan fingerprint density at radius 3 is 2.47 bits per heavy atom. The van der Waals surface area contributed by atoms with E-state index in [-0.39, 0.29) is 31.1 Å². The molecule has 0 fully saturated rings. The van der Waals surface area contributed by atoms with Crippen molar-refractivity contribution in [2.75, 3.05) is 25.6 Å². The summed E-state index contributed by atoms with van der Waals surface area (Å²) in [7, 11) is 0. The fourth-order valence-corrected chi connectivity index (χ4v) is 1.82. The molecule has 0 saturated heterocycles. The van der Waals surface area contributed by atoms with Crippen LogP contribution in [-0.2, 0) is 4.74 Å². The molecule has 3 nitrogen and oxygen atoms in total. The Hall–Kier alpha value is -1.02. The molecule has 0 bridgehead atoms. The summed E-state index contributed by atoms with van der Waals surface area (Å²) < 4.78 is 58.2. The van der Waals surface area contributed by atoms with E-state index in [2.05, 4.69) is 20.7 Å². The zero-order valence-electron chi connectivity index (χ0n) is 9.77. The highest BCUT2D eigenvalue weighted by Crippen LogP contribution is 2.32. The number of hydrogen-bond donors (Lipinski definition) is 1. The van der Waals surface area contributed by atoms with Crippen LogP contribution in [0.4, 0.5) is 23.2 Å². The molecule has 2 N–H and O–H groups in total. The van der Waals surface area contributed by atoms with E-state index in [0.29, 0.717) is 4.47 Å². The fraction of sp³-hybridized carbons (Fsp3) is 0.455. The number of nitrogens with two attached hydrogens (primary N) is 1. The molecule has 0 aromatic heterocycles. The lowest BCUT2D eigenvalue weighted by Gasteiger charge is -2.11. The molecule has 0 aliphatic rings. The van der Waals surface area contributed by atoms with E-state index in [1.807, 2.05) is 0 Å². The topological polar surface area (TPSA) is 44.5 Å². The van der Waals surface area contributed by atoms with Crippen LogP contribution in [-0.4, -0.2) is 26.0 Å². The van der Waals surface area contributed by atoms with Crippen LogP contribution in [0.25, 0.3) is 0 Å². The van der Waals surface area contributed by atoms with Crippen LogP contribution >= 0.6 is 15.9 Å². The van der Waals surface area contributed by atoms with E-state index in [9.17, 15) is 17.6 Å². The number of ether oxygens (including phenoxy) is 2. The number of alkyl halides is 3. The van der Waals surface area contributed by atoms with Crippen molar-refractivity contribution in [2.45, 2.75) is 12.6 Å². The van der Waals surface area contributed by atoms with Gasteiger partial charge >= 0.3 is 6.18 Å². The minimum absolute atomic E-state index is 0.0851. The SMILES string of the molecule is Nc1cc(F)cc(Br)c1OCCCOCC(F)(F)F. The highest BCUT2D eigenvalue weighted by molar-refractivity contribution is 9.10. The molecule has 0 saturated carbocycles. The Labute approximate surface area is 115 Å². The first-order valence-electron chi connectivity index (χ1n) is 5.31. The second-order valence-corrected chi connectivity index (χ2v) is 4.53. The van der Waals surface area contributed by atoms with Crippen LogP contribution in [0.3, 0.4) is 0 Å². The Kier molecular flexibility index (Phi) is 5.86. The first-order valence-corrected chi connectivity index (χ1v) is 6.10. The van der Waals surface area contributed by atoms with Gasteiger partial charge < -0.3 is 15.2 Å². The molecule has 0 aliphatic carbocycles. The summed E-state index contributed by atoms with van der Waals surface area (Å²) in [5.41, 5.74) is 5.66. The van der Waals surface area contributed by atoms with Crippen molar-refractivity contribution in [3.63, 3.8) is 0 Å². The number of rotatable bonds is 6. The maximum Gasteiger partial charge on any atom is 0.411 e. The zero-order chi connectivity index (χ0) is 14.5. The second kappa shape index (κ2) is 6.95. The third kappa shape index (κ3) is 6.11. The fourth-order valence-electron chi connectivity index (χ4n) is 1.26. The lowest BCUT2D eigenvalue weighted by atomic mass is 10.3. The average Bonchev–Trinajstić information content (AvgIpc) is 2.24. The normalized spacial score (nSPS) is 11.6. The summed E-state index contributed by atoms with van der Waals surface area (Å²) in [6.07, 6.45) is -4.06. The van der Waals surface area contributed by atoms with Gasteiger partial charge in [0.2, 0.25) is 0 Å². The van der Waals surface area contributed by atoms with Gasteiger partial charge in [-0.25, -0.2) is 4.39 Å². The molecule has 0 heterocycles. The van der Waals surface area contributed by atoms with Crippen molar-refractivity contribution in [1.82, 2.24) is 0 Å². The maximum absolute atomic E-state index is 12.9. The summed E-state index contributed by atoms with van der Waals surface area (Å²) in [5.74, 6) is -0.248. The molecule has 0 atom stereocenters. The number of hydrogen-bond acceptors (Lipinski definition) is 3. The van der Waals surface area contributed by atoms with Gasteiger partial charge in [-0.1, -0.05) is 0 Å². The molecule has 0 aliphatic heterocycles. The monoisotopic (exact) mass is 345 g/mol. The van der Waals surface area contributed by atoms with E-state index >= 15 is 0 Å². The summed E-state index contributed by atoms with van der Waals surface area (Å²) in [6, 6.07) is 2.28. The van der Waals surface area contributed by atoms with Crippen LogP contribution in [0.1, 0.15) is 6.42 Å². The number of halogens is 5. The summed E-state index contributed by atoms with van der Waals surface area (Å²) in [4.78, 5) is 0. The molecule has 1 aromatic rings. The highest BCUT2D eigenvalue weighted by atomic mass is 79.9. The van der Waals surface area contributed by atoms with Crippen LogP contribution in [0, 0.1) is 5.82 Å². The van der Waals surface area contributed by atoms with Gasteiger partial charge in [0.25, 0.3) is 0 Å². The Morgan fingerprint density at radius 1 is 1.21 bits per heavy atom. The average molecular weight is 346 g/mol. The summed E-state index contributed by atoms with van der Waals surface area (Å²) >= 11 is 3.08. The number of benzene rings is 1. The van der Waals surface area contributed by atoms with Gasteiger partial charge in [0.05, 0.1) is 23.4 Å². The lowest BCUT2D eigenvalue weighted by molar-refractivity contribution is -0.174. The van der Waals surface area contributed by atoms with Crippen molar-refractivity contribution in [3.8, 4) is 5.75 Å². The molecule has 1 aromatic carbocycles. The first-order chi connectivity index (χ1) is 8.79. The predicted octanol–water partition coefficient (Wildman–Crippen LogP) is 3.52. The van der Waals surface area contributed by atoms with Crippen molar-refractivity contribution < 1.29 is 27.0 Å². The third-order valence-corrected chi connectivity index (χ3v) is 2.57. The molecule has 8 heteroatoms. The molecular formula is C11H12BrF4NO2. The summed E-state index contributed by atoms with van der Waals surface area (Å²) in [5, 5.41) is 0. The van der Waals surface area contributed by atoms with Gasteiger partial charge in [0, 0.05) is 12.5 Å². The van der Waals surface area contributed by atoms with Gasteiger partial charge in [-0.3, -0.25) is 0 Å². The van der Waals surface area contributed by atoms with Crippen molar-refractivity contribution >= 4 is 21.6 Å². The zero-order valence-corrected chi connectivity index (χ0v) is 11.4. The second-order valence-electron chi connectivity index (χ2n) is 3.68. The van der Waals surface area contributed by atoms with Gasteiger partial charge in [0.15, 0.2) is 5.75 Å². The third-order valence-electron chi connectivity index (χ3n) is 1.98. The molecular weight excluding hydrogens is 334 g/mol. The Balaban J connectivity index is 2.30. The van der Waals surface area contributed by atoms with E-state index in [1.54, 1.807) is 0 Å². The Bertz CT molecular complexity index is 403. The standard InChI is InChI=1S/C11H12BrF4NO2/c12-8-4-7(13)5-9(17)10(8)19-3-1-2-18-6-11(14,15)16/h4-5H,1-3,6,17H2. The van der Waals surface area contributed by atoms with Crippen LogP contribution in [0.5, 0.6) is 5.75 Å². The lowest BCUT2D eigenvalue weighted by Crippen LogP contribution is -2.18. The first kappa shape index (κ1) is 16.0. The van der Waals surface area contributed by atoms with E-state index in [0.717, 1.165) is 6.07 Å². The molecule has 0 amide bonds. The minimum Gasteiger partial charge on any atom is -0.490 e. The minimum atomic E-state index is -4.33. The highest BCUT2D eigenvalue weighted by Gasteiger charge is 2.27. The molecule has 108 valence electrons. The van der Waals surface area contributed by atoms with Gasteiger partial charge in [-0.15, -0.1) is 0 Å². The molecule has 19 heavy (non-hydrogen) atoms. The van der Waals surface area contributed by atoms with Crippen molar-refractivity contribution in [2.24, 2.45) is 0 Å². The van der Waals surface area contributed by atoms with Crippen molar-refractivity contribution in [3.05, 3.63) is 22.4 Å². The van der Waals surface area contributed by atoms with Gasteiger partial charge in [-0.2, -0.15) is 13.2 Å². The predicted molar refractivity (Wildman–Crippen MR) is 65.5 cm³/mol. The Morgan fingerprint density at radius 2 is 1.89 bits per heavy atom. The van der Waals surface area contributed by atoms with Crippen LogP contribution in [0.2, 0.25) is 0 Å². The number of nitrogen functional groups attached to an aromatic ring is 1. The van der Waals surface area contributed by atoms with Crippen molar-refractivity contribution in [1.29, 1.82) is 0 Å². The molecule has 0 radical (unpaired) electrons. The molecule has 1 rings (SSSR count). The molecule has 0 unspecified atom stereocenters. The smallest absolute Gasteiger partial charge is 0.411 e. The molecule has 0 spiro atoms. The van der Waals surface area contributed by atoms with Gasteiger partial charge in [-0.05, 0) is 22.0 Å². The largest absolute Gasteiger partial charge is 0.490 e. The van der Waals surface area contributed by atoms with E-state index < -0.39 is 18.6 Å².